The first-order chi connectivity index (χ1) is 10.0. The van der Waals surface area contributed by atoms with E-state index in [1.54, 1.807) is 0 Å². The smallest absolute Gasteiger partial charge is 0.185 e. The number of hydrogen-bond donors (Lipinski definition) is 1. The van der Waals surface area contributed by atoms with Crippen molar-refractivity contribution in [1.29, 1.82) is 0 Å². The summed E-state index contributed by atoms with van der Waals surface area (Å²) < 4.78 is 0. The number of piperazine rings is 1. The van der Waals surface area contributed by atoms with E-state index in [0.29, 0.717) is 12.1 Å². The number of nitrogens with zero attached hydrogens (tertiary/aromatic N) is 3. The van der Waals surface area contributed by atoms with Crippen molar-refractivity contribution < 1.29 is 0 Å². The largest absolute Gasteiger partial charge is 0.345 e. The molecule has 1 saturated heterocycles. The maximum absolute atomic E-state index is 5.02. The Bertz CT molecular complexity index is 481. The summed E-state index contributed by atoms with van der Waals surface area (Å²) >= 11 is 1.91. The molecule has 1 aromatic rings. The minimum atomic E-state index is 0.534. The average molecular weight is 308 g/mol. The van der Waals surface area contributed by atoms with Crippen molar-refractivity contribution in [1.82, 2.24) is 15.2 Å². The summed E-state index contributed by atoms with van der Waals surface area (Å²) in [6.07, 6.45) is 2.66. The zero-order valence-corrected chi connectivity index (χ0v) is 14.5. The van der Waals surface area contributed by atoms with Crippen molar-refractivity contribution in [2.75, 3.05) is 31.6 Å². The van der Waals surface area contributed by atoms with Gasteiger partial charge in [0, 0.05) is 49.1 Å². The quantitative estimate of drug-likeness (QED) is 0.906. The van der Waals surface area contributed by atoms with Crippen LogP contribution in [0.5, 0.6) is 0 Å². The molecule has 21 heavy (non-hydrogen) atoms. The minimum Gasteiger partial charge on any atom is -0.345 e. The molecule has 5 heteroatoms. The zero-order chi connectivity index (χ0) is 15.0. The molecule has 1 saturated carbocycles. The molecule has 4 nitrogen and oxygen atoms in total. The molecule has 1 atom stereocenters. The summed E-state index contributed by atoms with van der Waals surface area (Å²) in [4.78, 5) is 11.4. The van der Waals surface area contributed by atoms with Gasteiger partial charge in [-0.3, -0.25) is 0 Å². The maximum atomic E-state index is 5.02. The summed E-state index contributed by atoms with van der Waals surface area (Å²) in [5.74, 6) is 0.740. The van der Waals surface area contributed by atoms with Gasteiger partial charge in [0.15, 0.2) is 5.13 Å². The fraction of sp³-hybridized carbons (Fsp3) is 0.812. The molecule has 0 spiro atoms. The highest BCUT2D eigenvalue weighted by Crippen LogP contribution is 2.44. The molecule has 1 aliphatic carbocycles. The molecule has 118 valence electrons. The van der Waals surface area contributed by atoms with Gasteiger partial charge in [0.2, 0.25) is 0 Å². The van der Waals surface area contributed by atoms with E-state index < -0.39 is 0 Å². The highest BCUT2D eigenvalue weighted by atomic mass is 32.1. The van der Waals surface area contributed by atoms with E-state index in [9.17, 15) is 0 Å². The Balaban J connectivity index is 1.74. The first-order valence-electron chi connectivity index (χ1n) is 8.22. The summed E-state index contributed by atoms with van der Waals surface area (Å²) in [7, 11) is 2.22. The molecule has 0 aromatic carbocycles. The van der Waals surface area contributed by atoms with Gasteiger partial charge < -0.3 is 15.1 Å². The Morgan fingerprint density at radius 2 is 2.10 bits per heavy atom. The normalized spacial score (nSPS) is 24.0. The highest BCUT2D eigenvalue weighted by molar-refractivity contribution is 7.15. The van der Waals surface area contributed by atoms with Gasteiger partial charge in [0.1, 0.15) is 0 Å². The Labute approximate surface area is 132 Å². The molecule has 2 heterocycles. The number of nitrogens with one attached hydrogen (secondary N) is 1. The lowest BCUT2D eigenvalue weighted by molar-refractivity contribution is 0.234. The van der Waals surface area contributed by atoms with E-state index in [-0.39, 0.29) is 0 Å². The third-order valence-corrected chi connectivity index (χ3v) is 5.71. The molecule has 1 aromatic heterocycles. The standard InChI is InChI=1S/C16H28N4S/c1-11(2)17-9-14-15(13-5-6-13)18-16(21-14)20-8-7-19(4)12(3)10-20/h11-13,17H,5-10H2,1-4H3. The van der Waals surface area contributed by atoms with Crippen LogP contribution in [0.2, 0.25) is 0 Å². The van der Waals surface area contributed by atoms with Gasteiger partial charge >= 0.3 is 0 Å². The van der Waals surface area contributed by atoms with Crippen LogP contribution in [0.4, 0.5) is 5.13 Å². The number of rotatable bonds is 5. The van der Waals surface area contributed by atoms with E-state index in [1.807, 2.05) is 11.3 Å². The third kappa shape index (κ3) is 3.58. The SMILES string of the molecule is CC(C)NCc1sc(N2CCN(C)C(C)C2)nc1C1CC1. The lowest BCUT2D eigenvalue weighted by atomic mass is 10.2. The van der Waals surface area contributed by atoms with Gasteiger partial charge in [-0.15, -0.1) is 11.3 Å². The van der Waals surface area contributed by atoms with Crippen LogP contribution in [-0.4, -0.2) is 48.6 Å². The maximum Gasteiger partial charge on any atom is 0.185 e. The molecule has 0 radical (unpaired) electrons. The second kappa shape index (κ2) is 6.23. The van der Waals surface area contributed by atoms with Gasteiger partial charge in [-0.25, -0.2) is 4.98 Å². The van der Waals surface area contributed by atoms with Gasteiger partial charge in [-0.05, 0) is 26.8 Å². The van der Waals surface area contributed by atoms with Crippen LogP contribution in [0.25, 0.3) is 0 Å². The molecular formula is C16H28N4S. The number of aromatic nitrogens is 1. The van der Waals surface area contributed by atoms with Crippen LogP contribution in [0.1, 0.15) is 50.1 Å². The predicted molar refractivity (Wildman–Crippen MR) is 90.4 cm³/mol. The van der Waals surface area contributed by atoms with Crippen LogP contribution in [0, 0.1) is 0 Å². The Morgan fingerprint density at radius 1 is 1.33 bits per heavy atom. The summed E-state index contributed by atoms with van der Waals surface area (Å²) in [6, 6.07) is 1.15. The predicted octanol–water partition coefficient (Wildman–Crippen LogP) is 2.66. The van der Waals surface area contributed by atoms with E-state index >= 15 is 0 Å². The molecule has 1 N–H and O–H groups in total. The van der Waals surface area contributed by atoms with E-state index in [4.69, 9.17) is 4.98 Å². The molecule has 3 rings (SSSR count). The Morgan fingerprint density at radius 3 is 2.71 bits per heavy atom. The van der Waals surface area contributed by atoms with Gasteiger partial charge in [-0.2, -0.15) is 0 Å². The van der Waals surface area contributed by atoms with Crippen LogP contribution >= 0.6 is 11.3 Å². The molecule has 0 bridgehead atoms. The number of hydrogen-bond acceptors (Lipinski definition) is 5. The van der Waals surface area contributed by atoms with E-state index in [0.717, 1.165) is 32.1 Å². The second-order valence-electron chi connectivity index (χ2n) is 6.89. The lowest BCUT2D eigenvalue weighted by Crippen LogP contribution is -2.50. The molecule has 2 fully saturated rings. The molecule has 2 aliphatic rings. The summed E-state index contributed by atoms with van der Waals surface area (Å²) in [5.41, 5.74) is 1.38. The van der Waals surface area contributed by atoms with Crippen molar-refractivity contribution >= 4 is 16.5 Å². The van der Waals surface area contributed by atoms with Crippen molar-refractivity contribution in [3.63, 3.8) is 0 Å². The van der Waals surface area contributed by atoms with Gasteiger partial charge in [0.05, 0.1) is 5.69 Å². The second-order valence-corrected chi connectivity index (χ2v) is 7.95. The fourth-order valence-corrected chi connectivity index (χ4v) is 3.94. The number of likely N-dealkylation sites (N-methyl/N-ethyl adjacent to an activating group) is 1. The molecule has 1 aliphatic heterocycles. The average Bonchev–Trinajstić information content (AvgIpc) is 3.20. The lowest BCUT2D eigenvalue weighted by Gasteiger charge is -2.37. The van der Waals surface area contributed by atoms with E-state index in [1.165, 1.54) is 28.5 Å². The zero-order valence-electron chi connectivity index (χ0n) is 13.7. The van der Waals surface area contributed by atoms with Crippen LogP contribution in [0.3, 0.4) is 0 Å². The van der Waals surface area contributed by atoms with Crippen molar-refractivity contribution in [3.8, 4) is 0 Å². The Kier molecular flexibility index (Phi) is 4.52. The minimum absolute atomic E-state index is 0.534. The summed E-state index contributed by atoms with van der Waals surface area (Å²) in [5, 5.41) is 4.81. The van der Waals surface area contributed by atoms with Crippen LogP contribution in [0.15, 0.2) is 0 Å². The van der Waals surface area contributed by atoms with Crippen molar-refractivity contribution in [3.05, 3.63) is 10.6 Å². The van der Waals surface area contributed by atoms with E-state index in [2.05, 4.69) is 42.9 Å². The van der Waals surface area contributed by atoms with Crippen molar-refractivity contribution in [2.24, 2.45) is 0 Å². The topological polar surface area (TPSA) is 31.4 Å². The van der Waals surface area contributed by atoms with Gasteiger partial charge in [0.25, 0.3) is 0 Å². The summed E-state index contributed by atoms with van der Waals surface area (Å²) in [6.45, 7) is 11.1. The monoisotopic (exact) mass is 308 g/mol. The van der Waals surface area contributed by atoms with Crippen molar-refractivity contribution in [2.45, 2.75) is 58.2 Å². The fourth-order valence-electron chi connectivity index (χ4n) is 2.81. The van der Waals surface area contributed by atoms with Gasteiger partial charge in [-0.1, -0.05) is 13.8 Å². The number of anilines is 1. The Hall–Kier alpha value is -0.650. The first kappa shape index (κ1) is 15.3. The molecule has 0 amide bonds. The van der Waals surface area contributed by atoms with Crippen LogP contribution in [-0.2, 0) is 6.54 Å². The molecule has 1 unspecified atom stereocenters. The third-order valence-electron chi connectivity index (χ3n) is 4.58. The highest BCUT2D eigenvalue weighted by Gasteiger charge is 2.31. The van der Waals surface area contributed by atoms with Crippen LogP contribution < -0.4 is 10.2 Å². The first-order valence-corrected chi connectivity index (χ1v) is 9.04. The molecular weight excluding hydrogens is 280 g/mol. The number of thiazole rings is 1.